The third-order valence-corrected chi connectivity index (χ3v) is 1.82. The molecule has 3 heteroatoms. The third-order valence-electron chi connectivity index (χ3n) is 1.82. The molecular weight excluding hydrogens is 166 g/mol. The predicted octanol–water partition coefficient (Wildman–Crippen LogP) is 0.836. The van der Waals surface area contributed by atoms with E-state index in [9.17, 15) is 0 Å². The molecule has 1 aromatic rings. The first-order chi connectivity index (χ1) is 6.31. The first-order valence-electron chi connectivity index (χ1n) is 4.40. The Bertz CT molecular complexity index is 274. The van der Waals surface area contributed by atoms with E-state index in [4.69, 9.17) is 9.47 Å². The fourth-order valence-corrected chi connectivity index (χ4v) is 1.14. The van der Waals surface area contributed by atoms with Crippen LogP contribution in [0.25, 0.3) is 0 Å². The van der Waals surface area contributed by atoms with Crippen molar-refractivity contribution in [1.82, 2.24) is 0 Å². The van der Waals surface area contributed by atoms with Gasteiger partial charge in [0.15, 0.2) is 11.5 Å². The molecular formula is C10H16NO2+. The first kappa shape index (κ1) is 9.86. The molecule has 0 fully saturated rings. The average Bonchev–Trinajstić information content (AvgIpc) is 2.19. The van der Waals surface area contributed by atoms with Crippen molar-refractivity contribution in [2.24, 2.45) is 0 Å². The monoisotopic (exact) mass is 182 g/mol. The standard InChI is InChI=1S/C10H15NO2/c1-3-13-9-5-4-8(7-11)6-10(9)12-2/h4-6H,3,7,11H2,1-2H3/p+1. The molecule has 0 heterocycles. The van der Waals surface area contributed by atoms with Gasteiger partial charge in [0.05, 0.1) is 20.3 Å². The van der Waals surface area contributed by atoms with E-state index < -0.39 is 0 Å². The first-order valence-corrected chi connectivity index (χ1v) is 4.40. The van der Waals surface area contributed by atoms with Crippen molar-refractivity contribution in [1.29, 1.82) is 0 Å². The highest BCUT2D eigenvalue weighted by Crippen LogP contribution is 2.27. The van der Waals surface area contributed by atoms with Crippen LogP contribution in [-0.2, 0) is 6.54 Å². The quantitative estimate of drug-likeness (QED) is 0.750. The van der Waals surface area contributed by atoms with E-state index >= 15 is 0 Å². The number of quaternary nitrogens is 1. The van der Waals surface area contributed by atoms with Crippen LogP contribution in [0.4, 0.5) is 0 Å². The Morgan fingerprint density at radius 1 is 1.31 bits per heavy atom. The largest absolute Gasteiger partial charge is 0.493 e. The number of hydrogen-bond donors (Lipinski definition) is 1. The van der Waals surface area contributed by atoms with Crippen LogP contribution in [0.1, 0.15) is 12.5 Å². The van der Waals surface area contributed by atoms with Crippen molar-refractivity contribution in [3.63, 3.8) is 0 Å². The lowest BCUT2D eigenvalue weighted by atomic mass is 10.2. The van der Waals surface area contributed by atoms with E-state index in [1.165, 1.54) is 0 Å². The van der Waals surface area contributed by atoms with Gasteiger partial charge in [-0.25, -0.2) is 0 Å². The number of benzene rings is 1. The molecule has 0 aliphatic rings. The Morgan fingerprint density at radius 3 is 2.62 bits per heavy atom. The molecule has 0 saturated carbocycles. The van der Waals surface area contributed by atoms with Gasteiger partial charge in [0.2, 0.25) is 0 Å². The molecule has 3 nitrogen and oxygen atoms in total. The molecule has 0 amide bonds. The summed E-state index contributed by atoms with van der Waals surface area (Å²) in [4.78, 5) is 0. The molecule has 72 valence electrons. The molecule has 1 rings (SSSR count). The predicted molar refractivity (Wildman–Crippen MR) is 50.8 cm³/mol. The smallest absolute Gasteiger partial charge is 0.161 e. The average molecular weight is 182 g/mol. The maximum absolute atomic E-state index is 5.38. The van der Waals surface area contributed by atoms with E-state index in [1.54, 1.807) is 7.11 Å². The van der Waals surface area contributed by atoms with Gasteiger partial charge in [-0.1, -0.05) is 0 Å². The molecule has 0 aliphatic carbocycles. The molecule has 0 unspecified atom stereocenters. The van der Waals surface area contributed by atoms with Crippen LogP contribution in [0.2, 0.25) is 0 Å². The second-order valence-electron chi connectivity index (χ2n) is 2.67. The zero-order valence-electron chi connectivity index (χ0n) is 8.17. The lowest BCUT2D eigenvalue weighted by Gasteiger charge is -2.09. The summed E-state index contributed by atoms with van der Waals surface area (Å²) in [6.45, 7) is 3.37. The van der Waals surface area contributed by atoms with Gasteiger partial charge in [-0.2, -0.15) is 0 Å². The SMILES string of the molecule is CCOc1ccc(C[NH3+])cc1OC. The lowest BCUT2D eigenvalue weighted by Crippen LogP contribution is -2.47. The highest BCUT2D eigenvalue weighted by atomic mass is 16.5. The van der Waals surface area contributed by atoms with Crippen LogP contribution in [-0.4, -0.2) is 13.7 Å². The van der Waals surface area contributed by atoms with Gasteiger partial charge in [0.1, 0.15) is 0 Å². The van der Waals surface area contributed by atoms with E-state index in [1.807, 2.05) is 25.1 Å². The number of methoxy groups -OCH3 is 1. The van der Waals surface area contributed by atoms with Crippen molar-refractivity contribution >= 4 is 0 Å². The summed E-state index contributed by atoms with van der Waals surface area (Å²) in [6.07, 6.45) is 0. The van der Waals surface area contributed by atoms with Crippen LogP contribution in [0, 0.1) is 0 Å². The Kier molecular flexibility index (Phi) is 3.58. The van der Waals surface area contributed by atoms with Crippen molar-refractivity contribution in [2.45, 2.75) is 13.5 Å². The molecule has 0 aromatic heterocycles. The fraction of sp³-hybridized carbons (Fsp3) is 0.400. The van der Waals surface area contributed by atoms with Crippen molar-refractivity contribution in [2.75, 3.05) is 13.7 Å². The van der Waals surface area contributed by atoms with Gasteiger partial charge in [0.25, 0.3) is 0 Å². The van der Waals surface area contributed by atoms with Gasteiger partial charge in [0, 0.05) is 5.56 Å². The summed E-state index contributed by atoms with van der Waals surface area (Å²) >= 11 is 0. The number of hydrogen-bond acceptors (Lipinski definition) is 2. The third kappa shape index (κ3) is 2.36. The minimum atomic E-state index is 0.653. The van der Waals surface area contributed by atoms with Gasteiger partial charge in [-0.05, 0) is 25.1 Å². The normalized spacial score (nSPS) is 9.77. The Labute approximate surface area is 78.5 Å². The Balaban J connectivity index is 2.93. The van der Waals surface area contributed by atoms with Gasteiger partial charge < -0.3 is 15.2 Å². The van der Waals surface area contributed by atoms with E-state index in [0.717, 1.165) is 23.6 Å². The molecule has 1 aromatic carbocycles. The van der Waals surface area contributed by atoms with Crippen LogP contribution in [0.5, 0.6) is 11.5 Å². The molecule has 0 saturated heterocycles. The highest BCUT2D eigenvalue weighted by Gasteiger charge is 2.04. The van der Waals surface area contributed by atoms with Crippen LogP contribution in [0.15, 0.2) is 18.2 Å². The topological polar surface area (TPSA) is 46.1 Å². The fourth-order valence-electron chi connectivity index (χ4n) is 1.14. The van der Waals surface area contributed by atoms with Crippen LogP contribution >= 0.6 is 0 Å². The van der Waals surface area contributed by atoms with E-state index in [-0.39, 0.29) is 0 Å². The summed E-state index contributed by atoms with van der Waals surface area (Å²) in [5, 5.41) is 0. The molecule has 0 bridgehead atoms. The molecule has 0 radical (unpaired) electrons. The van der Waals surface area contributed by atoms with Crippen molar-refractivity contribution in [3.8, 4) is 11.5 Å². The summed E-state index contributed by atoms with van der Waals surface area (Å²) < 4.78 is 10.6. The Hall–Kier alpha value is -1.22. The second kappa shape index (κ2) is 4.72. The number of ether oxygens (including phenoxy) is 2. The molecule has 0 atom stereocenters. The zero-order valence-corrected chi connectivity index (χ0v) is 8.17. The summed E-state index contributed by atoms with van der Waals surface area (Å²) in [6, 6.07) is 5.88. The maximum atomic E-state index is 5.38. The number of rotatable bonds is 4. The highest BCUT2D eigenvalue weighted by molar-refractivity contribution is 5.42. The molecule has 0 spiro atoms. The summed E-state index contributed by atoms with van der Waals surface area (Å²) in [5.74, 6) is 1.57. The second-order valence-corrected chi connectivity index (χ2v) is 2.67. The zero-order chi connectivity index (χ0) is 9.68. The molecule has 13 heavy (non-hydrogen) atoms. The minimum absolute atomic E-state index is 0.653. The van der Waals surface area contributed by atoms with Crippen LogP contribution < -0.4 is 15.2 Å². The molecule has 0 aliphatic heterocycles. The van der Waals surface area contributed by atoms with Crippen molar-refractivity contribution < 1.29 is 15.2 Å². The van der Waals surface area contributed by atoms with Gasteiger partial charge in [-0.15, -0.1) is 0 Å². The Morgan fingerprint density at radius 2 is 2.08 bits per heavy atom. The lowest BCUT2D eigenvalue weighted by molar-refractivity contribution is -0.386. The maximum Gasteiger partial charge on any atom is 0.161 e. The summed E-state index contributed by atoms with van der Waals surface area (Å²) in [7, 11) is 1.64. The van der Waals surface area contributed by atoms with Gasteiger partial charge in [-0.3, -0.25) is 0 Å². The van der Waals surface area contributed by atoms with Crippen LogP contribution in [0.3, 0.4) is 0 Å². The van der Waals surface area contributed by atoms with E-state index in [2.05, 4.69) is 5.73 Å². The summed E-state index contributed by atoms with van der Waals surface area (Å²) in [5.41, 5.74) is 4.96. The van der Waals surface area contributed by atoms with Crippen molar-refractivity contribution in [3.05, 3.63) is 23.8 Å². The van der Waals surface area contributed by atoms with E-state index in [0.29, 0.717) is 6.61 Å². The van der Waals surface area contributed by atoms with Gasteiger partial charge >= 0.3 is 0 Å². The molecule has 3 N–H and O–H groups in total. The minimum Gasteiger partial charge on any atom is -0.493 e.